The predicted octanol–water partition coefficient (Wildman–Crippen LogP) is 5.32. The summed E-state index contributed by atoms with van der Waals surface area (Å²) in [7, 11) is 0. The van der Waals surface area contributed by atoms with E-state index in [0.29, 0.717) is 24.0 Å². The van der Waals surface area contributed by atoms with E-state index >= 15 is 0 Å². The van der Waals surface area contributed by atoms with E-state index in [-0.39, 0.29) is 17.8 Å². The van der Waals surface area contributed by atoms with Gasteiger partial charge in [0.1, 0.15) is 5.75 Å². The average Bonchev–Trinajstić information content (AvgIpc) is 3.19. The lowest BCUT2D eigenvalue weighted by Gasteiger charge is -2.19. The minimum atomic E-state index is -0.749. The van der Waals surface area contributed by atoms with Crippen molar-refractivity contribution in [2.75, 3.05) is 0 Å². The Morgan fingerprint density at radius 2 is 1.66 bits per heavy atom. The number of hydrogen-bond acceptors (Lipinski definition) is 3. The van der Waals surface area contributed by atoms with Crippen molar-refractivity contribution in [3.05, 3.63) is 76.9 Å². The van der Waals surface area contributed by atoms with Crippen molar-refractivity contribution in [3.8, 4) is 5.75 Å². The summed E-state index contributed by atoms with van der Waals surface area (Å²) < 4.78 is 6.15. The number of carbonyl (C=O) groups excluding carboxylic acids is 1. The molecular weight excluding hydrogens is 364 g/mol. The highest BCUT2D eigenvalue weighted by molar-refractivity contribution is 6.16. The molecule has 0 spiro atoms. The molecule has 1 saturated carbocycles. The Labute approximate surface area is 170 Å². The predicted molar refractivity (Wildman–Crippen MR) is 113 cm³/mol. The SMILES string of the molecule is Cc1cc(C(=O)c2cccc3ccccc23)cc(C)c1O[C@H]1CC[C@H](C(=O)O)C1. The van der Waals surface area contributed by atoms with E-state index in [9.17, 15) is 14.7 Å². The van der Waals surface area contributed by atoms with Crippen LogP contribution in [0.2, 0.25) is 0 Å². The lowest BCUT2D eigenvalue weighted by Crippen LogP contribution is -2.16. The molecule has 0 aliphatic heterocycles. The van der Waals surface area contributed by atoms with Gasteiger partial charge in [-0.1, -0.05) is 42.5 Å². The molecule has 3 aromatic carbocycles. The Kier molecular flexibility index (Phi) is 5.10. The fourth-order valence-electron chi connectivity index (χ4n) is 4.28. The van der Waals surface area contributed by atoms with Crippen molar-refractivity contribution in [3.63, 3.8) is 0 Å². The van der Waals surface area contributed by atoms with Crippen molar-refractivity contribution >= 4 is 22.5 Å². The van der Waals surface area contributed by atoms with Crippen LogP contribution in [0.4, 0.5) is 0 Å². The Morgan fingerprint density at radius 1 is 0.966 bits per heavy atom. The summed E-state index contributed by atoms with van der Waals surface area (Å²) in [6.07, 6.45) is 1.83. The average molecular weight is 388 g/mol. The third-order valence-electron chi connectivity index (χ3n) is 5.78. The summed E-state index contributed by atoms with van der Waals surface area (Å²) in [5.41, 5.74) is 3.12. The number of carboxylic acids is 1. The summed E-state index contributed by atoms with van der Waals surface area (Å²) in [5, 5.41) is 11.2. The monoisotopic (exact) mass is 388 g/mol. The largest absolute Gasteiger partial charge is 0.490 e. The number of carbonyl (C=O) groups is 2. The highest BCUT2D eigenvalue weighted by Crippen LogP contribution is 2.33. The Morgan fingerprint density at radius 3 is 2.34 bits per heavy atom. The van der Waals surface area contributed by atoms with E-state index in [4.69, 9.17) is 4.74 Å². The van der Waals surface area contributed by atoms with Crippen molar-refractivity contribution in [1.82, 2.24) is 0 Å². The number of ketones is 1. The first-order chi connectivity index (χ1) is 13.9. The highest BCUT2D eigenvalue weighted by Gasteiger charge is 2.31. The molecule has 4 nitrogen and oxygen atoms in total. The topological polar surface area (TPSA) is 63.6 Å². The molecule has 0 bridgehead atoms. The number of benzene rings is 3. The van der Waals surface area contributed by atoms with Crippen LogP contribution in [0.25, 0.3) is 10.8 Å². The summed E-state index contributed by atoms with van der Waals surface area (Å²) in [4.78, 5) is 24.4. The van der Waals surface area contributed by atoms with E-state index in [1.54, 1.807) is 0 Å². The normalized spacial score (nSPS) is 18.7. The van der Waals surface area contributed by atoms with Crippen LogP contribution in [-0.2, 0) is 4.79 Å². The number of ether oxygens (including phenoxy) is 1. The maximum atomic E-state index is 13.2. The van der Waals surface area contributed by atoms with Crippen molar-refractivity contribution in [2.24, 2.45) is 5.92 Å². The fourth-order valence-corrected chi connectivity index (χ4v) is 4.28. The van der Waals surface area contributed by atoms with Crippen LogP contribution in [0.3, 0.4) is 0 Å². The Hall–Kier alpha value is -3.14. The second kappa shape index (κ2) is 7.70. The van der Waals surface area contributed by atoms with Crippen LogP contribution in [0.15, 0.2) is 54.6 Å². The molecule has 1 aliphatic rings. The van der Waals surface area contributed by atoms with Gasteiger partial charge < -0.3 is 9.84 Å². The van der Waals surface area contributed by atoms with Gasteiger partial charge in [-0.25, -0.2) is 0 Å². The van der Waals surface area contributed by atoms with Crippen LogP contribution >= 0.6 is 0 Å². The van der Waals surface area contributed by atoms with Crippen molar-refractivity contribution in [2.45, 2.75) is 39.2 Å². The fraction of sp³-hybridized carbons (Fsp3) is 0.280. The molecule has 4 rings (SSSR count). The number of carboxylic acid groups (broad SMARTS) is 1. The minimum Gasteiger partial charge on any atom is -0.490 e. The third-order valence-corrected chi connectivity index (χ3v) is 5.78. The summed E-state index contributed by atoms with van der Waals surface area (Å²) in [6, 6.07) is 17.4. The molecule has 0 saturated heterocycles. The van der Waals surface area contributed by atoms with E-state index in [1.165, 1.54) is 0 Å². The van der Waals surface area contributed by atoms with E-state index in [2.05, 4.69) is 0 Å². The molecule has 148 valence electrons. The first-order valence-electron chi connectivity index (χ1n) is 9.97. The second-order valence-corrected chi connectivity index (χ2v) is 7.88. The molecule has 4 heteroatoms. The van der Waals surface area contributed by atoms with Gasteiger partial charge in [-0.15, -0.1) is 0 Å². The summed E-state index contributed by atoms with van der Waals surface area (Å²) >= 11 is 0. The molecular formula is C25H24O4. The van der Waals surface area contributed by atoms with Crippen molar-refractivity contribution in [1.29, 1.82) is 0 Å². The molecule has 1 aliphatic carbocycles. The molecule has 1 fully saturated rings. The lowest BCUT2D eigenvalue weighted by molar-refractivity contribution is -0.141. The summed E-state index contributed by atoms with van der Waals surface area (Å²) in [6.45, 7) is 3.87. The van der Waals surface area contributed by atoms with Crippen molar-refractivity contribution < 1.29 is 19.4 Å². The van der Waals surface area contributed by atoms with Crippen LogP contribution in [0.5, 0.6) is 5.75 Å². The van der Waals surface area contributed by atoms with E-state index in [1.807, 2.05) is 68.4 Å². The van der Waals surface area contributed by atoms with Crippen LogP contribution in [0, 0.1) is 19.8 Å². The maximum Gasteiger partial charge on any atom is 0.306 e. The van der Waals surface area contributed by atoms with Crippen LogP contribution in [-0.4, -0.2) is 23.0 Å². The van der Waals surface area contributed by atoms with Crippen LogP contribution < -0.4 is 4.74 Å². The van der Waals surface area contributed by atoms with Gasteiger partial charge in [0, 0.05) is 11.1 Å². The van der Waals surface area contributed by atoms with E-state index < -0.39 is 5.97 Å². The zero-order valence-electron chi connectivity index (χ0n) is 16.6. The molecule has 0 aromatic heterocycles. The van der Waals surface area contributed by atoms with Gasteiger partial charge >= 0.3 is 5.97 Å². The van der Waals surface area contributed by atoms with Gasteiger partial charge in [-0.2, -0.15) is 0 Å². The smallest absolute Gasteiger partial charge is 0.306 e. The molecule has 0 unspecified atom stereocenters. The Bertz CT molecular complexity index is 1070. The quantitative estimate of drug-likeness (QED) is 0.601. The molecule has 0 heterocycles. The number of aliphatic carboxylic acids is 1. The van der Waals surface area contributed by atoms with Gasteiger partial charge in [0.15, 0.2) is 5.78 Å². The zero-order valence-corrected chi connectivity index (χ0v) is 16.6. The highest BCUT2D eigenvalue weighted by atomic mass is 16.5. The van der Waals surface area contributed by atoms with Gasteiger partial charge in [-0.3, -0.25) is 9.59 Å². The molecule has 0 radical (unpaired) electrons. The maximum absolute atomic E-state index is 13.2. The molecule has 2 atom stereocenters. The standard InChI is InChI=1S/C25H24O4/c1-15-12-19(23(26)22-9-5-7-17-6-3-4-8-21(17)22)13-16(2)24(15)29-20-11-10-18(14-20)25(27)28/h3-9,12-13,18,20H,10-11,14H2,1-2H3,(H,27,28)/t18-,20-/m0/s1. The molecule has 0 amide bonds. The van der Waals surface area contributed by atoms with Crippen LogP contribution in [0.1, 0.15) is 46.3 Å². The third kappa shape index (κ3) is 3.75. The zero-order chi connectivity index (χ0) is 20.5. The van der Waals surface area contributed by atoms with Gasteiger partial charge in [-0.05, 0) is 67.1 Å². The first kappa shape index (κ1) is 19.2. The molecule has 3 aromatic rings. The van der Waals surface area contributed by atoms with E-state index in [0.717, 1.165) is 34.1 Å². The Balaban J connectivity index is 1.61. The number of fused-ring (bicyclic) bond motifs is 1. The molecule has 29 heavy (non-hydrogen) atoms. The minimum absolute atomic E-state index is 0.00800. The number of aryl methyl sites for hydroxylation is 2. The number of rotatable bonds is 5. The van der Waals surface area contributed by atoms with Gasteiger partial charge in [0.2, 0.25) is 0 Å². The summed E-state index contributed by atoms with van der Waals surface area (Å²) in [5.74, 6) is -0.324. The lowest BCUT2D eigenvalue weighted by atomic mass is 9.95. The molecule has 1 N–H and O–H groups in total. The second-order valence-electron chi connectivity index (χ2n) is 7.88. The number of hydrogen-bond donors (Lipinski definition) is 1. The van der Waals surface area contributed by atoms with Gasteiger partial charge in [0.05, 0.1) is 12.0 Å². The van der Waals surface area contributed by atoms with Gasteiger partial charge in [0.25, 0.3) is 0 Å². The first-order valence-corrected chi connectivity index (χ1v) is 9.97.